The van der Waals surface area contributed by atoms with Crippen LogP contribution in [-0.4, -0.2) is 37.2 Å². The maximum absolute atomic E-state index is 12.9. The predicted octanol–water partition coefficient (Wildman–Crippen LogP) is 23.3. The lowest BCUT2D eigenvalue weighted by molar-refractivity contribution is -0.167. The first kappa shape index (κ1) is 76.5. The molecule has 81 heavy (non-hydrogen) atoms. The Morgan fingerprint density at radius 2 is 0.481 bits per heavy atom. The Labute approximate surface area is 500 Å². The van der Waals surface area contributed by atoms with Gasteiger partial charge in [0.1, 0.15) is 13.2 Å². The van der Waals surface area contributed by atoms with Crippen molar-refractivity contribution in [2.24, 2.45) is 0 Å². The van der Waals surface area contributed by atoms with Crippen LogP contribution in [0.15, 0.2) is 134 Å². The van der Waals surface area contributed by atoms with Crippen LogP contribution in [-0.2, 0) is 28.6 Å². The molecule has 0 aliphatic heterocycles. The van der Waals surface area contributed by atoms with E-state index >= 15 is 0 Å². The van der Waals surface area contributed by atoms with Gasteiger partial charge in [-0.3, -0.25) is 14.4 Å². The van der Waals surface area contributed by atoms with E-state index in [-0.39, 0.29) is 31.1 Å². The van der Waals surface area contributed by atoms with Gasteiger partial charge < -0.3 is 14.2 Å². The van der Waals surface area contributed by atoms with E-state index in [1.165, 1.54) is 128 Å². The number of carbonyl (C=O) groups is 3. The fourth-order valence-corrected chi connectivity index (χ4v) is 9.14. The SMILES string of the molecule is CC/C=C\C/C=C\C/C=C\C/C=C\C/C=C\C/C=C\C/C=C\CCCCCCCCCCCC(=O)OCC(COC(=O)CCCCC/C=C\C/C=C\C/C=C\CC)OC(=O)CCCCCCCCCCC/C=C\CCCCCCCC. The third kappa shape index (κ3) is 66.2. The van der Waals surface area contributed by atoms with Crippen molar-refractivity contribution in [2.45, 2.75) is 309 Å². The number of carbonyl (C=O) groups excluding carboxylic acids is 3. The summed E-state index contributed by atoms with van der Waals surface area (Å²) in [7, 11) is 0. The van der Waals surface area contributed by atoms with Crippen LogP contribution in [0.3, 0.4) is 0 Å². The monoisotopic (exact) mass is 1120 g/mol. The zero-order chi connectivity index (χ0) is 58.5. The van der Waals surface area contributed by atoms with Crippen LogP contribution in [0, 0.1) is 0 Å². The smallest absolute Gasteiger partial charge is 0.306 e. The summed E-state index contributed by atoms with van der Waals surface area (Å²) >= 11 is 0. The molecule has 0 rings (SSSR count). The summed E-state index contributed by atoms with van der Waals surface area (Å²) in [6, 6.07) is 0. The number of rotatable bonds is 60. The molecule has 0 N–H and O–H groups in total. The minimum absolute atomic E-state index is 0.0937. The molecule has 0 bridgehead atoms. The summed E-state index contributed by atoms with van der Waals surface area (Å²) in [5, 5.41) is 0. The molecule has 0 saturated carbocycles. The number of hydrogen-bond acceptors (Lipinski definition) is 6. The first-order chi connectivity index (χ1) is 40.0. The van der Waals surface area contributed by atoms with Gasteiger partial charge in [-0.15, -0.1) is 0 Å². The van der Waals surface area contributed by atoms with E-state index in [1.807, 2.05) is 0 Å². The third-order valence-electron chi connectivity index (χ3n) is 14.1. The maximum atomic E-state index is 12.9. The number of unbranched alkanes of at least 4 members (excludes halogenated alkanes) is 27. The molecule has 1 atom stereocenters. The summed E-state index contributed by atoms with van der Waals surface area (Å²) in [5.41, 5.74) is 0. The summed E-state index contributed by atoms with van der Waals surface area (Å²) < 4.78 is 16.9. The first-order valence-corrected chi connectivity index (χ1v) is 33.7. The Morgan fingerprint density at radius 1 is 0.259 bits per heavy atom. The molecular formula is C75H124O6. The largest absolute Gasteiger partial charge is 0.462 e. The zero-order valence-electron chi connectivity index (χ0n) is 52.8. The maximum Gasteiger partial charge on any atom is 0.306 e. The molecule has 0 heterocycles. The normalized spacial score (nSPS) is 13.0. The van der Waals surface area contributed by atoms with Gasteiger partial charge in [-0.25, -0.2) is 0 Å². The van der Waals surface area contributed by atoms with Gasteiger partial charge in [0.2, 0.25) is 0 Å². The van der Waals surface area contributed by atoms with Gasteiger partial charge in [-0.05, 0) is 135 Å². The molecule has 0 aromatic rings. The van der Waals surface area contributed by atoms with Crippen molar-refractivity contribution in [3.8, 4) is 0 Å². The molecule has 0 aliphatic rings. The molecule has 0 amide bonds. The Morgan fingerprint density at radius 3 is 0.778 bits per heavy atom. The molecule has 0 aromatic heterocycles. The van der Waals surface area contributed by atoms with E-state index in [1.54, 1.807) is 0 Å². The highest BCUT2D eigenvalue weighted by atomic mass is 16.6. The van der Waals surface area contributed by atoms with E-state index in [4.69, 9.17) is 14.2 Å². The second kappa shape index (κ2) is 68.1. The average molecular weight is 1120 g/mol. The molecule has 0 spiro atoms. The van der Waals surface area contributed by atoms with Crippen molar-refractivity contribution in [3.05, 3.63) is 134 Å². The summed E-state index contributed by atoms with van der Waals surface area (Å²) in [5.74, 6) is -0.926. The van der Waals surface area contributed by atoms with Gasteiger partial charge >= 0.3 is 17.9 Å². The second-order valence-corrected chi connectivity index (χ2v) is 22.0. The van der Waals surface area contributed by atoms with Crippen LogP contribution >= 0.6 is 0 Å². The highest BCUT2D eigenvalue weighted by Crippen LogP contribution is 2.16. The van der Waals surface area contributed by atoms with Crippen LogP contribution in [0.4, 0.5) is 0 Å². The number of hydrogen-bond donors (Lipinski definition) is 0. The van der Waals surface area contributed by atoms with Crippen molar-refractivity contribution >= 4 is 17.9 Å². The Hall–Kier alpha value is -4.45. The summed E-state index contributed by atoms with van der Waals surface area (Å²) in [6.07, 6.45) is 96.1. The molecular weight excluding hydrogens is 997 g/mol. The molecule has 1 unspecified atom stereocenters. The molecule has 0 aromatic carbocycles. The standard InChI is InChI=1S/C75H124O6/c1-4-7-10-13-16-19-22-25-27-29-31-32-33-34-35-36-37-38-39-40-41-42-44-45-47-50-53-56-59-62-65-68-74(77)80-71-72(70-79-73(76)67-64-61-58-55-52-49-24-21-18-15-12-9-6-3)81-75(78)69-66-63-60-57-54-51-48-46-43-30-28-26-23-20-17-14-11-8-5-2/h7,9-10,12,16,18-19,21,25-28,31-32,34-35,37-38,40-41,49,52,72H,4-6,8,11,13-15,17,20,22-24,29-30,33,36,39,42-48,50-51,53-71H2,1-3H3/b10-7-,12-9-,19-16-,21-18-,27-25-,28-26-,32-31-,35-34-,38-37-,41-40-,52-49-. The van der Waals surface area contributed by atoms with E-state index in [0.717, 1.165) is 135 Å². The second-order valence-electron chi connectivity index (χ2n) is 22.0. The van der Waals surface area contributed by atoms with Crippen LogP contribution in [0.2, 0.25) is 0 Å². The van der Waals surface area contributed by atoms with Crippen LogP contribution < -0.4 is 0 Å². The van der Waals surface area contributed by atoms with Gasteiger partial charge in [0, 0.05) is 19.3 Å². The zero-order valence-corrected chi connectivity index (χ0v) is 52.8. The lowest BCUT2D eigenvalue weighted by Gasteiger charge is -2.18. The predicted molar refractivity (Wildman–Crippen MR) is 353 cm³/mol. The van der Waals surface area contributed by atoms with E-state index in [0.29, 0.717) is 19.3 Å². The van der Waals surface area contributed by atoms with Crippen LogP contribution in [0.25, 0.3) is 0 Å². The molecule has 6 nitrogen and oxygen atoms in total. The lowest BCUT2D eigenvalue weighted by atomic mass is 10.1. The Bertz CT molecular complexity index is 1720. The van der Waals surface area contributed by atoms with Crippen LogP contribution in [0.1, 0.15) is 303 Å². The Kier molecular flexibility index (Phi) is 64.3. The summed E-state index contributed by atoms with van der Waals surface area (Å²) in [4.78, 5) is 38.3. The molecule has 0 radical (unpaired) electrons. The van der Waals surface area contributed by atoms with Crippen molar-refractivity contribution in [1.82, 2.24) is 0 Å². The van der Waals surface area contributed by atoms with Crippen molar-refractivity contribution < 1.29 is 28.6 Å². The fourth-order valence-electron chi connectivity index (χ4n) is 9.14. The van der Waals surface area contributed by atoms with E-state index < -0.39 is 6.10 Å². The molecule has 0 saturated heterocycles. The topological polar surface area (TPSA) is 78.9 Å². The van der Waals surface area contributed by atoms with E-state index in [2.05, 4.69) is 154 Å². The first-order valence-electron chi connectivity index (χ1n) is 33.7. The van der Waals surface area contributed by atoms with Gasteiger partial charge in [-0.2, -0.15) is 0 Å². The fraction of sp³-hybridized carbons (Fsp3) is 0.667. The van der Waals surface area contributed by atoms with Gasteiger partial charge in [0.05, 0.1) is 0 Å². The van der Waals surface area contributed by atoms with Crippen molar-refractivity contribution in [1.29, 1.82) is 0 Å². The van der Waals surface area contributed by atoms with Gasteiger partial charge in [0.25, 0.3) is 0 Å². The minimum Gasteiger partial charge on any atom is -0.462 e. The highest BCUT2D eigenvalue weighted by molar-refractivity contribution is 5.71. The third-order valence-corrected chi connectivity index (χ3v) is 14.1. The average Bonchev–Trinajstić information content (AvgIpc) is 3.46. The van der Waals surface area contributed by atoms with Crippen molar-refractivity contribution in [2.75, 3.05) is 13.2 Å². The van der Waals surface area contributed by atoms with Crippen LogP contribution in [0.5, 0.6) is 0 Å². The lowest BCUT2D eigenvalue weighted by Crippen LogP contribution is -2.30. The van der Waals surface area contributed by atoms with Crippen molar-refractivity contribution in [3.63, 3.8) is 0 Å². The molecule has 6 heteroatoms. The van der Waals surface area contributed by atoms with Gasteiger partial charge in [-0.1, -0.05) is 283 Å². The number of ether oxygens (including phenoxy) is 3. The minimum atomic E-state index is -0.799. The van der Waals surface area contributed by atoms with Gasteiger partial charge in [0.15, 0.2) is 6.10 Å². The number of allylic oxidation sites excluding steroid dienone is 22. The Balaban J connectivity index is 4.32. The summed E-state index contributed by atoms with van der Waals surface area (Å²) in [6.45, 7) is 6.39. The number of esters is 3. The quantitative estimate of drug-likeness (QED) is 0.0261. The molecule has 460 valence electrons. The molecule has 0 aliphatic carbocycles. The highest BCUT2D eigenvalue weighted by Gasteiger charge is 2.19. The van der Waals surface area contributed by atoms with E-state index in [9.17, 15) is 14.4 Å². The molecule has 0 fully saturated rings.